The third-order valence-electron chi connectivity index (χ3n) is 2.99. The Morgan fingerprint density at radius 3 is 2.57 bits per heavy atom. The lowest BCUT2D eigenvalue weighted by Gasteiger charge is -2.10. The van der Waals surface area contributed by atoms with Gasteiger partial charge in [0.1, 0.15) is 0 Å². The monoisotopic (exact) mass is 286 g/mol. The number of rotatable bonds is 5. The number of nitrogens with one attached hydrogen (secondary N) is 1. The molecule has 1 N–H and O–H groups in total. The fourth-order valence-electron chi connectivity index (χ4n) is 2.00. The Kier molecular flexibility index (Phi) is 4.77. The maximum atomic E-state index is 12.0. The maximum Gasteiger partial charge on any atom is 0.228 e. The van der Waals surface area contributed by atoms with Crippen LogP contribution in [0.5, 0.6) is 11.5 Å². The Bertz CT molecular complexity index is 641. The molecular formula is C16H18N2O3. The largest absolute Gasteiger partial charge is 0.493 e. The number of benzene rings is 1. The van der Waals surface area contributed by atoms with Crippen molar-refractivity contribution in [2.24, 2.45) is 0 Å². The van der Waals surface area contributed by atoms with Gasteiger partial charge in [-0.1, -0.05) is 6.07 Å². The van der Waals surface area contributed by atoms with Crippen LogP contribution in [0.15, 0.2) is 36.5 Å². The van der Waals surface area contributed by atoms with E-state index in [0.717, 1.165) is 16.9 Å². The predicted molar refractivity (Wildman–Crippen MR) is 80.9 cm³/mol. The second-order valence-corrected chi connectivity index (χ2v) is 4.60. The highest BCUT2D eigenvalue weighted by atomic mass is 16.5. The van der Waals surface area contributed by atoms with Crippen LogP contribution in [0.2, 0.25) is 0 Å². The second-order valence-electron chi connectivity index (χ2n) is 4.60. The molecule has 5 nitrogen and oxygen atoms in total. The average molecular weight is 286 g/mol. The minimum Gasteiger partial charge on any atom is -0.493 e. The molecule has 0 unspecified atom stereocenters. The number of carbonyl (C=O) groups is 1. The minimum absolute atomic E-state index is 0.0900. The number of hydrogen-bond donors (Lipinski definition) is 1. The number of anilines is 1. The molecule has 0 aliphatic carbocycles. The zero-order valence-corrected chi connectivity index (χ0v) is 12.3. The van der Waals surface area contributed by atoms with E-state index in [1.54, 1.807) is 38.6 Å². The Morgan fingerprint density at radius 2 is 1.90 bits per heavy atom. The van der Waals surface area contributed by atoms with Crippen LogP contribution < -0.4 is 14.8 Å². The molecule has 0 fully saturated rings. The van der Waals surface area contributed by atoms with Gasteiger partial charge < -0.3 is 14.8 Å². The Balaban J connectivity index is 2.06. The molecule has 0 saturated carbocycles. The summed E-state index contributed by atoms with van der Waals surface area (Å²) in [7, 11) is 3.15. The molecule has 0 saturated heterocycles. The zero-order chi connectivity index (χ0) is 15.2. The summed E-state index contributed by atoms with van der Waals surface area (Å²) >= 11 is 0. The van der Waals surface area contributed by atoms with E-state index in [4.69, 9.17) is 9.47 Å². The second kappa shape index (κ2) is 6.74. The molecule has 1 heterocycles. The van der Waals surface area contributed by atoms with Crippen LogP contribution in [0.3, 0.4) is 0 Å². The fourth-order valence-corrected chi connectivity index (χ4v) is 2.00. The molecule has 0 spiro atoms. The van der Waals surface area contributed by atoms with Crippen LogP contribution in [0.25, 0.3) is 0 Å². The van der Waals surface area contributed by atoms with E-state index in [0.29, 0.717) is 11.5 Å². The van der Waals surface area contributed by atoms with Crippen molar-refractivity contribution in [1.82, 2.24) is 4.98 Å². The van der Waals surface area contributed by atoms with Crippen molar-refractivity contribution < 1.29 is 14.3 Å². The van der Waals surface area contributed by atoms with Crippen molar-refractivity contribution in [2.45, 2.75) is 13.3 Å². The van der Waals surface area contributed by atoms with Crippen LogP contribution >= 0.6 is 0 Å². The molecule has 2 rings (SSSR count). The summed E-state index contributed by atoms with van der Waals surface area (Å²) in [5.41, 5.74) is 2.46. The highest BCUT2D eigenvalue weighted by molar-refractivity contribution is 5.92. The SMILES string of the molecule is COc1ccc(CC(=O)Nc2ccnc(C)c2)cc1OC. The van der Waals surface area contributed by atoms with Gasteiger partial charge in [-0.15, -0.1) is 0 Å². The van der Waals surface area contributed by atoms with E-state index in [1.165, 1.54) is 0 Å². The van der Waals surface area contributed by atoms with Crippen molar-refractivity contribution in [3.8, 4) is 11.5 Å². The topological polar surface area (TPSA) is 60.5 Å². The van der Waals surface area contributed by atoms with Gasteiger partial charge in [0.25, 0.3) is 0 Å². The van der Waals surface area contributed by atoms with Crippen molar-refractivity contribution >= 4 is 11.6 Å². The molecule has 5 heteroatoms. The first kappa shape index (κ1) is 14.8. The fraction of sp³-hybridized carbons (Fsp3) is 0.250. The summed E-state index contributed by atoms with van der Waals surface area (Å²) in [6, 6.07) is 9.03. The van der Waals surface area contributed by atoms with Gasteiger partial charge in [0.2, 0.25) is 5.91 Å². The normalized spacial score (nSPS) is 10.0. The summed E-state index contributed by atoms with van der Waals surface area (Å²) in [5, 5.41) is 2.85. The summed E-state index contributed by atoms with van der Waals surface area (Å²) < 4.78 is 10.4. The highest BCUT2D eigenvalue weighted by Crippen LogP contribution is 2.27. The number of aryl methyl sites for hydroxylation is 1. The van der Waals surface area contributed by atoms with Gasteiger partial charge in [-0.3, -0.25) is 9.78 Å². The lowest BCUT2D eigenvalue weighted by Crippen LogP contribution is -2.14. The van der Waals surface area contributed by atoms with Gasteiger partial charge in [0.15, 0.2) is 11.5 Å². The molecule has 1 amide bonds. The van der Waals surface area contributed by atoms with Crippen LogP contribution in [-0.2, 0) is 11.2 Å². The van der Waals surface area contributed by atoms with Gasteiger partial charge >= 0.3 is 0 Å². The molecule has 1 aromatic heterocycles. The highest BCUT2D eigenvalue weighted by Gasteiger charge is 2.08. The Morgan fingerprint density at radius 1 is 1.14 bits per heavy atom. The molecule has 0 bridgehead atoms. The molecule has 2 aromatic rings. The molecule has 0 radical (unpaired) electrons. The van der Waals surface area contributed by atoms with Gasteiger partial charge in [0.05, 0.1) is 20.6 Å². The number of hydrogen-bond acceptors (Lipinski definition) is 4. The number of ether oxygens (including phenoxy) is 2. The zero-order valence-electron chi connectivity index (χ0n) is 12.3. The first-order chi connectivity index (χ1) is 10.1. The average Bonchev–Trinajstić information content (AvgIpc) is 2.47. The van der Waals surface area contributed by atoms with E-state index in [-0.39, 0.29) is 12.3 Å². The van der Waals surface area contributed by atoms with Crippen molar-refractivity contribution in [3.05, 3.63) is 47.8 Å². The molecule has 1 aromatic carbocycles. The van der Waals surface area contributed by atoms with Crippen molar-refractivity contribution in [3.63, 3.8) is 0 Å². The molecular weight excluding hydrogens is 268 g/mol. The molecule has 21 heavy (non-hydrogen) atoms. The quantitative estimate of drug-likeness (QED) is 0.917. The van der Waals surface area contributed by atoms with E-state index < -0.39 is 0 Å². The molecule has 0 atom stereocenters. The Hall–Kier alpha value is -2.56. The number of nitrogens with zero attached hydrogens (tertiary/aromatic N) is 1. The number of amides is 1. The number of aromatic nitrogens is 1. The van der Waals surface area contributed by atoms with Crippen LogP contribution in [0.4, 0.5) is 5.69 Å². The number of pyridine rings is 1. The number of methoxy groups -OCH3 is 2. The lowest BCUT2D eigenvalue weighted by atomic mass is 10.1. The lowest BCUT2D eigenvalue weighted by molar-refractivity contribution is -0.115. The van der Waals surface area contributed by atoms with Crippen LogP contribution in [0, 0.1) is 6.92 Å². The first-order valence-corrected chi connectivity index (χ1v) is 6.56. The summed E-state index contributed by atoms with van der Waals surface area (Å²) in [6.45, 7) is 1.88. The minimum atomic E-state index is -0.0900. The maximum absolute atomic E-state index is 12.0. The van der Waals surface area contributed by atoms with Gasteiger partial charge in [0, 0.05) is 17.6 Å². The van der Waals surface area contributed by atoms with E-state index >= 15 is 0 Å². The van der Waals surface area contributed by atoms with E-state index in [1.807, 2.05) is 19.1 Å². The van der Waals surface area contributed by atoms with Crippen LogP contribution in [0.1, 0.15) is 11.3 Å². The Labute approximate surface area is 123 Å². The molecule has 0 aliphatic rings. The predicted octanol–water partition coefficient (Wildman–Crippen LogP) is 2.59. The third kappa shape index (κ3) is 3.95. The van der Waals surface area contributed by atoms with Crippen LogP contribution in [-0.4, -0.2) is 25.1 Å². The molecule has 110 valence electrons. The van der Waals surface area contributed by atoms with Gasteiger partial charge in [-0.2, -0.15) is 0 Å². The van der Waals surface area contributed by atoms with E-state index in [9.17, 15) is 4.79 Å². The summed E-state index contributed by atoms with van der Waals surface area (Å²) in [6.07, 6.45) is 1.93. The van der Waals surface area contributed by atoms with Crippen molar-refractivity contribution in [1.29, 1.82) is 0 Å². The molecule has 0 aliphatic heterocycles. The number of carbonyl (C=O) groups excluding carboxylic acids is 1. The van der Waals surface area contributed by atoms with Gasteiger partial charge in [-0.25, -0.2) is 0 Å². The first-order valence-electron chi connectivity index (χ1n) is 6.56. The van der Waals surface area contributed by atoms with E-state index in [2.05, 4.69) is 10.3 Å². The standard InChI is InChI=1S/C16H18N2O3/c1-11-8-13(6-7-17-11)18-16(19)10-12-4-5-14(20-2)15(9-12)21-3/h4-9H,10H2,1-3H3,(H,17,18,19). The summed E-state index contributed by atoms with van der Waals surface area (Å²) in [4.78, 5) is 16.1. The van der Waals surface area contributed by atoms with Crippen molar-refractivity contribution in [2.75, 3.05) is 19.5 Å². The smallest absolute Gasteiger partial charge is 0.228 e. The van der Waals surface area contributed by atoms with Gasteiger partial charge in [-0.05, 0) is 36.8 Å². The summed E-state index contributed by atoms with van der Waals surface area (Å²) in [5.74, 6) is 1.17. The third-order valence-corrected chi connectivity index (χ3v) is 2.99.